The lowest BCUT2D eigenvalue weighted by molar-refractivity contribution is 0.689. The molecule has 0 saturated heterocycles. The van der Waals surface area contributed by atoms with Crippen molar-refractivity contribution in [1.29, 1.82) is 0 Å². The van der Waals surface area contributed by atoms with Crippen molar-refractivity contribution in [3.05, 3.63) is 461 Å². The van der Waals surface area contributed by atoms with Crippen molar-refractivity contribution in [1.82, 2.24) is 13.7 Å². The SMILES string of the molecule is c1ccc(-c2ccc3c(c2)C2(c4cc(-c5ccccc5)c(-c5ccc6c(c5)c5cccc7c5n6-c5ccccc5C75c6ccccc6Sc6ccccc65)cc4S3)c3ccccc3-n3c4ccc(-c5cccc6ccc7c(c56)Sc5c(ccc6ccccc56)C75c6ccccc6-n6c7ccccc7c7cccc5c76)cc4c4cccc2c43)cc1. The number of fused-ring (bicyclic) bond motifs is 37. The summed E-state index contributed by atoms with van der Waals surface area (Å²) in [5, 5.41) is 12.5. The van der Waals surface area contributed by atoms with Crippen molar-refractivity contribution >= 4 is 122 Å². The molecule has 0 saturated carbocycles. The van der Waals surface area contributed by atoms with Crippen molar-refractivity contribution < 1.29 is 0 Å². The number of hydrogen-bond acceptors (Lipinski definition) is 3. The normalized spacial score (nSPS) is 16.3. The largest absolute Gasteiger partial charge is 0.309 e. The van der Waals surface area contributed by atoms with E-state index in [0.717, 1.165) is 0 Å². The minimum Gasteiger partial charge on any atom is -0.309 e. The monoisotopic (exact) mass is 1560 g/mol. The third kappa shape index (κ3) is 8.20. The summed E-state index contributed by atoms with van der Waals surface area (Å²) >= 11 is 5.80. The molecule has 6 heteroatoms. The molecule has 19 aromatic carbocycles. The maximum Gasteiger partial charge on any atom is 0.0764 e. The second kappa shape index (κ2) is 23.7. The number of rotatable bonds is 4. The van der Waals surface area contributed by atoms with Crippen LogP contribution in [-0.4, -0.2) is 13.7 Å². The highest BCUT2D eigenvalue weighted by Crippen LogP contribution is 2.67. The van der Waals surface area contributed by atoms with Gasteiger partial charge in [-0.15, -0.1) is 0 Å². The second-order valence-corrected chi connectivity index (χ2v) is 36.2. The summed E-state index contributed by atoms with van der Waals surface area (Å²) < 4.78 is 7.78. The predicted octanol–water partition coefficient (Wildman–Crippen LogP) is 29.4. The summed E-state index contributed by atoms with van der Waals surface area (Å²) in [7, 11) is 0. The van der Waals surface area contributed by atoms with Crippen molar-refractivity contribution in [3.8, 4) is 61.6 Å². The highest BCUT2D eigenvalue weighted by atomic mass is 32.2. The molecule has 0 aliphatic carbocycles. The van der Waals surface area contributed by atoms with Gasteiger partial charge in [-0.3, -0.25) is 0 Å². The van der Waals surface area contributed by atoms with Gasteiger partial charge in [-0.2, -0.15) is 0 Å². The first-order chi connectivity index (χ1) is 59.0. The van der Waals surface area contributed by atoms with Crippen molar-refractivity contribution in [2.45, 2.75) is 45.6 Å². The number of benzene rings is 19. The third-order valence-corrected chi connectivity index (χ3v) is 31.3. The Morgan fingerprint density at radius 2 is 0.597 bits per heavy atom. The van der Waals surface area contributed by atoms with E-state index in [-0.39, 0.29) is 0 Å². The van der Waals surface area contributed by atoms with Gasteiger partial charge in [-0.1, -0.05) is 345 Å². The molecule has 0 radical (unpaired) electrons. The fourth-order valence-electron chi connectivity index (χ4n) is 23.2. The fourth-order valence-corrected chi connectivity index (χ4v) is 27.1. The van der Waals surface area contributed by atoms with Crippen LogP contribution in [-0.2, 0) is 16.2 Å². The zero-order chi connectivity index (χ0) is 77.3. The van der Waals surface area contributed by atoms with Crippen LogP contribution < -0.4 is 0 Å². The maximum absolute atomic E-state index is 2.63. The Kier molecular flexibility index (Phi) is 13.0. The van der Waals surface area contributed by atoms with E-state index in [1.807, 2.05) is 35.3 Å². The Bertz CT molecular complexity index is 8320. The quantitative estimate of drug-likeness (QED) is 0.175. The predicted molar refractivity (Wildman–Crippen MR) is 494 cm³/mol. The van der Waals surface area contributed by atoms with Crippen molar-refractivity contribution in [2.75, 3.05) is 0 Å². The Morgan fingerprint density at radius 3 is 1.22 bits per heavy atom. The maximum atomic E-state index is 2.63. The zero-order valence-corrected chi connectivity index (χ0v) is 66.5. The van der Waals surface area contributed by atoms with Crippen molar-refractivity contribution in [2.24, 2.45) is 0 Å². The van der Waals surface area contributed by atoms with Gasteiger partial charge < -0.3 is 13.7 Å². The molecule has 0 bridgehead atoms. The van der Waals surface area contributed by atoms with E-state index < -0.39 is 16.2 Å². The fraction of sp³-hybridized carbons (Fsp3) is 0.0265. The molecule has 28 rings (SSSR count). The van der Waals surface area contributed by atoms with Gasteiger partial charge in [0.15, 0.2) is 0 Å². The smallest absolute Gasteiger partial charge is 0.0764 e. The molecule has 0 amide bonds. The molecule has 9 heterocycles. The molecular formula is C113H65N3S3. The van der Waals surface area contributed by atoms with Crippen LogP contribution in [0, 0.1) is 0 Å². The highest BCUT2D eigenvalue weighted by molar-refractivity contribution is 8.00. The highest BCUT2D eigenvalue weighted by Gasteiger charge is 2.54. The Balaban J connectivity index is 0.675. The molecule has 2 unspecified atom stereocenters. The zero-order valence-electron chi connectivity index (χ0n) is 64.1. The number of hydrogen-bond donors (Lipinski definition) is 0. The van der Waals surface area contributed by atoms with Gasteiger partial charge in [-0.25, -0.2) is 0 Å². The molecule has 550 valence electrons. The molecule has 6 aliphatic rings. The van der Waals surface area contributed by atoms with E-state index >= 15 is 0 Å². The van der Waals surface area contributed by atoms with Crippen LogP contribution in [0.4, 0.5) is 0 Å². The van der Waals surface area contributed by atoms with Crippen LogP contribution in [0.3, 0.4) is 0 Å². The van der Waals surface area contributed by atoms with Gasteiger partial charge in [0.2, 0.25) is 0 Å². The summed E-state index contributed by atoms with van der Waals surface area (Å²) in [6.07, 6.45) is 0. The summed E-state index contributed by atoms with van der Waals surface area (Å²) in [6.45, 7) is 0. The topological polar surface area (TPSA) is 14.8 Å². The van der Waals surface area contributed by atoms with Crippen LogP contribution in [0.15, 0.2) is 424 Å². The average molecular weight is 1560 g/mol. The van der Waals surface area contributed by atoms with E-state index in [0.29, 0.717) is 0 Å². The Labute approximate surface area is 698 Å². The first-order valence-electron chi connectivity index (χ1n) is 41.3. The average Bonchev–Trinajstić information content (AvgIpc) is 1.66. The minimum absolute atomic E-state index is 0.538. The van der Waals surface area contributed by atoms with E-state index in [2.05, 4.69) is 408 Å². The van der Waals surface area contributed by atoms with Gasteiger partial charge in [0.1, 0.15) is 0 Å². The number of aromatic nitrogens is 3. The standard InChI is InChI=1S/C113H65N3S3/c1-3-25-66(26-4-1)70-55-60-103-93(63-70)113(94-64-79(67-27-5-2-6-28-67)80(65-104(94)118-103)72-54-59-97-82(62-72)78-35-23-42-88-107(78)115(97)98-46-16-10-37-83(98)111(88)86-40-13-19-49-101(86)117-102-50-20-14-41-87(102)111)85-39-12-18-48-100(85)116-96-58-53-71(61-81(96)77-36-24-44-90(113)108(77)116)73-33-21-30-69-52-57-92-110(105(69)73)119-109-74-31-8-7-29-68(74)51-56-91(109)112(92)84-38-11-17-47-99(84)114-95-45-15-9-32-75(95)76-34-22-43-89(112)106(76)114/h1-65H. The van der Waals surface area contributed by atoms with E-state index in [4.69, 9.17) is 0 Å². The van der Waals surface area contributed by atoms with Gasteiger partial charge in [0.25, 0.3) is 0 Å². The molecule has 2 atom stereocenters. The lowest BCUT2D eigenvalue weighted by atomic mass is 9.62. The Morgan fingerprint density at radius 1 is 0.185 bits per heavy atom. The Hall–Kier alpha value is -13.9. The lowest BCUT2D eigenvalue weighted by Gasteiger charge is -2.46. The molecule has 3 spiro atoms. The molecule has 3 aromatic heterocycles. The van der Waals surface area contributed by atoms with Crippen molar-refractivity contribution in [3.63, 3.8) is 0 Å². The third-order valence-electron chi connectivity index (χ3n) is 27.8. The number of para-hydroxylation sites is 7. The molecule has 3 nitrogen and oxygen atoms in total. The van der Waals surface area contributed by atoms with E-state index in [9.17, 15) is 0 Å². The molecule has 6 aliphatic heterocycles. The summed E-state index contributed by atoms with van der Waals surface area (Å²) in [4.78, 5) is 7.71. The van der Waals surface area contributed by atoms with Crippen LogP contribution in [0.1, 0.15) is 66.8 Å². The first kappa shape index (κ1) is 65.3. The van der Waals surface area contributed by atoms with Gasteiger partial charge in [-0.05, 0) is 212 Å². The molecule has 0 fully saturated rings. The minimum atomic E-state index is -0.800. The van der Waals surface area contributed by atoms with Gasteiger partial charge in [0.05, 0.1) is 66.4 Å². The first-order valence-corrected chi connectivity index (χ1v) is 43.7. The van der Waals surface area contributed by atoms with Gasteiger partial charge in [0, 0.05) is 67.1 Å². The second-order valence-electron chi connectivity index (χ2n) is 33.0. The lowest BCUT2D eigenvalue weighted by Crippen LogP contribution is -2.38. The molecule has 22 aromatic rings. The van der Waals surface area contributed by atoms with Crippen LogP contribution in [0.2, 0.25) is 0 Å². The van der Waals surface area contributed by atoms with Crippen LogP contribution in [0.25, 0.3) is 149 Å². The van der Waals surface area contributed by atoms with Crippen LogP contribution in [0.5, 0.6) is 0 Å². The van der Waals surface area contributed by atoms with Gasteiger partial charge >= 0.3 is 0 Å². The summed E-state index contributed by atoms with van der Waals surface area (Å²) in [5.74, 6) is 0. The van der Waals surface area contributed by atoms with E-state index in [1.54, 1.807) is 0 Å². The summed E-state index contributed by atoms with van der Waals surface area (Å²) in [5.41, 5.74) is 34.2. The van der Waals surface area contributed by atoms with E-state index in [1.165, 1.54) is 245 Å². The molecule has 0 N–H and O–H groups in total. The molecule has 119 heavy (non-hydrogen) atoms. The summed E-state index contributed by atoms with van der Waals surface area (Å²) in [6, 6.07) is 152. The van der Waals surface area contributed by atoms with Crippen LogP contribution >= 0.6 is 35.3 Å². The molecular weight excluding hydrogens is 1500 g/mol. The number of nitrogens with zero attached hydrogens (tertiary/aromatic N) is 3.